The fourth-order valence-electron chi connectivity index (χ4n) is 1.31. The van der Waals surface area contributed by atoms with Gasteiger partial charge in [-0.1, -0.05) is 5.16 Å². The summed E-state index contributed by atoms with van der Waals surface area (Å²) in [4.78, 5) is 12.7. The Morgan fingerprint density at radius 2 is 2.21 bits per heavy atom. The molecule has 76 valence electrons. The molecule has 0 radical (unpaired) electrons. The molecule has 6 heteroatoms. The first-order valence-electron chi connectivity index (χ1n) is 4.36. The maximum atomic E-state index is 10.8. The van der Waals surface area contributed by atoms with Gasteiger partial charge in [-0.15, -0.1) is 0 Å². The summed E-state index contributed by atoms with van der Waals surface area (Å²) < 4.78 is 10.2. The van der Waals surface area contributed by atoms with Gasteiger partial charge in [0.2, 0.25) is 5.88 Å². The highest BCUT2D eigenvalue weighted by Gasteiger charge is 2.17. The number of ether oxygens (including phenoxy) is 1. The van der Waals surface area contributed by atoms with Gasteiger partial charge in [0.1, 0.15) is 0 Å². The van der Waals surface area contributed by atoms with Crippen LogP contribution in [-0.4, -0.2) is 37.4 Å². The molecule has 1 saturated heterocycles. The molecule has 0 aliphatic carbocycles. The number of anilines is 1. The van der Waals surface area contributed by atoms with Gasteiger partial charge < -0.3 is 19.9 Å². The minimum absolute atomic E-state index is 0.159. The Morgan fingerprint density at radius 1 is 1.50 bits per heavy atom. The largest absolute Gasteiger partial charge is 0.378 e. The summed E-state index contributed by atoms with van der Waals surface area (Å²) in [7, 11) is 0. The number of hydrogen-bond acceptors (Lipinski definition) is 5. The lowest BCUT2D eigenvalue weighted by Crippen LogP contribution is -2.35. The number of primary amides is 1. The molecule has 6 nitrogen and oxygen atoms in total. The first-order valence-corrected chi connectivity index (χ1v) is 4.36. The average molecular weight is 197 g/mol. The highest BCUT2D eigenvalue weighted by atomic mass is 16.5. The van der Waals surface area contributed by atoms with Crippen molar-refractivity contribution < 1.29 is 14.1 Å². The van der Waals surface area contributed by atoms with Crippen LogP contribution >= 0.6 is 0 Å². The van der Waals surface area contributed by atoms with E-state index in [0.717, 1.165) is 13.1 Å². The summed E-state index contributed by atoms with van der Waals surface area (Å²) in [5.41, 5.74) is 5.21. The van der Waals surface area contributed by atoms with E-state index in [1.807, 2.05) is 4.90 Å². The van der Waals surface area contributed by atoms with Crippen LogP contribution in [0.5, 0.6) is 0 Å². The normalized spacial score (nSPS) is 17.0. The number of carbonyl (C=O) groups excluding carboxylic acids is 1. The van der Waals surface area contributed by atoms with Gasteiger partial charge in [0.05, 0.1) is 13.2 Å². The summed E-state index contributed by atoms with van der Waals surface area (Å²) in [6.07, 6.45) is 0. The van der Waals surface area contributed by atoms with Crippen molar-refractivity contribution in [3.05, 3.63) is 11.8 Å². The molecule has 1 aromatic rings. The molecule has 0 spiro atoms. The van der Waals surface area contributed by atoms with Gasteiger partial charge in [-0.25, -0.2) is 0 Å². The first-order chi connectivity index (χ1) is 6.77. The van der Waals surface area contributed by atoms with E-state index in [2.05, 4.69) is 5.16 Å². The second-order valence-electron chi connectivity index (χ2n) is 3.01. The van der Waals surface area contributed by atoms with Gasteiger partial charge in [-0.2, -0.15) is 0 Å². The third-order valence-corrected chi connectivity index (χ3v) is 2.07. The monoisotopic (exact) mass is 197 g/mol. The standard InChI is InChI=1S/C8H11N3O3/c9-8(12)6-5-7(14-10-6)11-1-3-13-4-2-11/h5H,1-4H2,(H2,9,12). The number of rotatable bonds is 2. The van der Waals surface area contributed by atoms with Crippen molar-refractivity contribution in [3.63, 3.8) is 0 Å². The lowest BCUT2D eigenvalue weighted by molar-refractivity contribution is 0.0991. The van der Waals surface area contributed by atoms with Crippen LogP contribution in [-0.2, 0) is 4.74 Å². The van der Waals surface area contributed by atoms with Gasteiger partial charge >= 0.3 is 0 Å². The van der Waals surface area contributed by atoms with Crippen LogP contribution in [0.15, 0.2) is 10.6 Å². The number of aromatic nitrogens is 1. The molecule has 1 amide bonds. The Hall–Kier alpha value is -1.56. The SMILES string of the molecule is NC(=O)c1cc(N2CCOCC2)on1. The number of morpholine rings is 1. The second-order valence-corrected chi connectivity index (χ2v) is 3.01. The lowest BCUT2D eigenvalue weighted by atomic mass is 10.3. The van der Waals surface area contributed by atoms with Crippen LogP contribution in [0.4, 0.5) is 5.88 Å². The van der Waals surface area contributed by atoms with Crippen molar-refractivity contribution in [3.8, 4) is 0 Å². The maximum absolute atomic E-state index is 10.8. The van der Waals surface area contributed by atoms with Crippen LogP contribution < -0.4 is 10.6 Å². The summed E-state index contributed by atoms with van der Waals surface area (Å²) in [5.74, 6) is -0.00430. The Labute approximate surface area is 80.6 Å². The van der Waals surface area contributed by atoms with Gasteiger partial charge in [-0.3, -0.25) is 4.79 Å². The topological polar surface area (TPSA) is 81.6 Å². The Bertz CT molecular complexity index is 330. The number of nitrogens with two attached hydrogens (primary N) is 1. The van der Waals surface area contributed by atoms with Crippen molar-refractivity contribution in [2.24, 2.45) is 5.73 Å². The van der Waals surface area contributed by atoms with Crippen LogP contribution in [0.25, 0.3) is 0 Å². The molecule has 1 aliphatic heterocycles. The van der Waals surface area contributed by atoms with E-state index in [-0.39, 0.29) is 5.69 Å². The number of carbonyl (C=O) groups is 1. The van der Waals surface area contributed by atoms with E-state index in [9.17, 15) is 4.79 Å². The molecule has 2 heterocycles. The third-order valence-electron chi connectivity index (χ3n) is 2.07. The van der Waals surface area contributed by atoms with E-state index in [1.165, 1.54) is 0 Å². The van der Waals surface area contributed by atoms with Gasteiger partial charge in [0, 0.05) is 19.2 Å². The molecule has 14 heavy (non-hydrogen) atoms. The van der Waals surface area contributed by atoms with E-state index >= 15 is 0 Å². The van der Waals surface area contributed by atoms with E-state index in [4.69, 9.17) is 15.0 Å². The van der Waals surface area contributed by atoms with Gasteiger partial charge in [0.25, 0.3) is 5.91 Å². The summed E-state index contributed by atoms with van der Waals surface area (Å²) in [6.45, 7) is 2.81. The average Bonchev–Trinajstić information content (AvgIpc) is 2.68. The highest BCUT2D eigenvalue weighted by molar-refractivity contribution is 5.91. The fourth-order valence-corrected chi connectivity index (χ4v) is 1.31. The molecule has 0 unspecified atom stereocenters. The van der Waals surface area contributed by atoms with Crippen molar-refractivity contribution in [1.29, 1.82) is 0 Å². The molecule has 1 aromatic heterocycles. The number of hydrogen-bond donors (Lipinski definition) is 1. The summed E-state index contributed by atoms with van der Waals surface area (Å²) >= 11 is 0. The van der Waals surface area contributed by atoms with E-state index < -0.39 is 5.91 Å². The van der Waals surface area contributed by atoms with Gasteiger partial charge in [-0.05, 0) is 0 Å². The van der Waals surface area contributed by atoms with Gasteiger partial charge in [0.15, 0.2) is 5.69 Å². The zero-order valence-electron chi connectivity index (χ0n) is 7.60. The molecule has 0 atom stereocenters. The third kappa shape index (κ3) is 1.69. The van der Waals surface area contributed by atoms with E-state index in [0.29, 0.717) is 19.1 Å². The quantitative estimate of drug-likeness (QED) is 0.698. The first kappa shape index (κ1) is 9.01. The molecular formula is C8H11N3O3. The molecule has 0 bridgehead atoms. The molecule has 2 rings (SSSR count). The Morgan fingerprint density at radius 3 is 2.79 bits per heavy atom. The molecule has 0 saturated carbocycles. The smallest absolute Gasteiger partial charge is 0.270 e. The molecular weight excluding hydrogens is 186 g/mol. The fraction of sp³-hybridized carbons (Fsp3) is 0.500. The van der Waals surface area contributed by atoms with Crippen molar-refractivity contribution in [2.45, 2.75) is 0 Å². The molecule has 2 N–H and O–H groups in total. The van der Waals surface area contributed by atoms with Crippen molar-refractivity contribution >= 4 is 11.8 Å². The zero-order valence-corrected chi connectivity index (χ0v) is 7.60. The number of amides is 1. The summed E-state index contributed by atoms with van der Waals surface area (Å²) in [5, 5.41) is 3.56. The predicted octanol–water partition coefficient (Wildman–Crippen LogP) is -0.390. The summed E-state index contributed by atoms with van der Waals surface area (Å²) in [6, 6.07) is 1.55. The predicted molar refractivity (Wildman–Crippen MR) is 48.1 cm³/mol. The Balaban J connectivity index is 2.11. The van der Waals surface area contributed by atoms with Crippen LogP contribution in [0, 0.1) is 0 Å². The Kier molecular flexibility index (Phi) is 2.36. The maximum Gasteiger partial charge on any atom is 0.270 e. The lowest BCUT2D eigenvalue weighted by Gasteiger charge is -2.25. The highest BCUT2D eigenvalue weighted by Crippen LogP contribution is 2.16. The minimum atomic E-state index is -0.576. The van der Waals surface area contributed by atoms with Crippen LogP contribution in [0.1, 0.15) is 10.5 Å². The second kappa shape index (κ2) is 3.67. The molecule has 1 fully saturated rings. The zero-order chi connectivity index (χ0) is 9.97. The molecule has 0 aromatic carbocycles. The molecule has 1 aliphatic rings. The van der Waals surface area contributed by atoms with Crippen molar-refractivity contribution in [1.82, 2.24) is 5.16 Å². The number of nitrogens with zero attached hydrogens (tertiary/aromatic N) is 2. The minimum Gasteiger partial charge on any atom is -0.378 e. The van der Waals surface area contributed by atoms with Crippen LogP contribution in [0.2, 0.25) is 0 Å². The van der Waals surface area contributed by atoms with Crippen molar-refractivity contribution in [2.75, 3.05) is 31.2 Å². The van der Waals surface area contributed by atoms with Crippen LogP contribution in [0.3, 0.4) is 0 Å². The van der Waals surface area contributed by atoms with E-state index in [1.54, 1.807) is 6.07 Å².